The van der Waals surface area contributed by atoms with Crippen LogP contribution in [0.5, 0.6) is 0 Å². The first-order chi connectivity index (χ1) is 12.7. The Morgan fingerprint density at radius 1 is 1.23 bits per heavy atom. The van der Waals surface area contributed by atoms with Gasteiger partial charge in [-0.2, -0.15) is 10.4 Å². The van der Waals surface area contributed by atoms with Crippen LogP contribution < -0.4 is 5.32 Å². The van der Waals surface area contributed by atoms with Gasteiger partial charge in [0.2, 0.25) is 0 Å². The topological polar surface area (TPSA) is 70.7 Å². The lowest BCUT2D eigenvalue weighted by molar-refractivity contribution is 0.0937. The van der Waals surface area contributed by atoms with E-state index in [1.165, 1.54) is 25.7 Å². The predicted octanol–water partition coefficient (Wildman–Crippen LogP) is 3.99. The minimum atomic E-state index is -0.00584. The van der Waals surface area contributed by atoms with Gasteiger partial charge in [-0.05, 0) is 50.7 Å². The van der Waals surface area contributed by atoms with E-state index in [2.05, 4.69) is 11.4 Å². The maximum absolute atomic E-state index is 12.9. The van der Waals surface area contributed by atoms with Crippen LogP contribution in [0.1, 0.15) is 66.2 Å². The smallest absolute Gasteiger partial charge is 0.269 e. The molecule has 5 heteroatoms. The first-order valence-electron chi connectivity index (χ1n) is 9.55. The molecule has 1 heterocycles. The summed E-state index contributed by atoms with van der Waals surface area (Å²) >= 11 is 0. The maximum Gasteiger partial charge on any atom is 0.269 e. The fraction of sp³-hybridized carbons (Fsp3) is 0.476. The Kier molecular flexibility index (Phi) is 4.50. The molecule has 0 atom stereocenters. The highest BCUT2D eigenvalue weighted by molar-refractivity contribution is 5.95. The number of nitrogens with zero attached hydrogens (tertiary/aromatic N) is 3. The summed E-state index contributed by atoms with van der Waals surface area (Å²) in [6.45, 7) is 2.75. The van der Waals surface area contributed by atoms with Crippen molar-refractivity contribution in [1.29, 1.82) is 5.26 Å². The van der Waals surface area contributed by atoms with E-state index in [4.69, 9.17) is 10.4 Å². The molecule has 1 N–H and O–H groups in total. The summed E-state index contributed by atoms with van der Waals surface area (Å²) in [5, 5.41) is 17.0. The van der Waals surface area contributed by atoms with Crippen LogP contribution in [0.4, 0.5) is 0 Å². The molecule has 0 saturated heterocycles. The first-order valence-corrected chi connectivity index (χ1v) is 9.55. The van der Waals surface area contributed by atoms with E-state index < -0.39 is 0 Å². The van der Waals surface area contributed by atoms with Gasteiger partial charge in [0.1, 0.15) is 5.69 Å². The molecular formula is C21H24N4O. The largest absolute Gasteiger partial charge is 0.350 e. The molecule has 2 aliphatic carbocycles. The van der Waals surface area contributed by atoms with Crippen LogP contribution in [0.15, 0.2) is 24.3 Å². The summed E-state index contributed by atoms with van der Waals surface area (Å²) in [7, 11) is 0. The van der Waals surface area contributed by atoms with Gasteiger partial charge in [0, 0.05) is 17.7 Å². The molecule has 1 aromatic carbocycles. The maximum atomic E-state index is 12.9. The van der Waals surface area contributed by atoms with Crippen molar-refractivity contribution >= 4 is 5.91 Å². The highest BCUT2D eigenvalue weighted by Gasteiger charge is 2.29. The second kappa shape index (κ2) is 6.95. The number of amides is 1. The van der Waals surface area contributed by atoms with E-state index in [0.29, 0.717) is 23.2 Å². The molecule has 2 saturated carbocycles. The molecule has 26 heavy (non-hydrogen) atoms. The number of carbonyl (C=O) groups is 1. The Bertz CT molecular complexity index is 849. The van der Waals surface area contributed by atoms with E-state index in [-0.39, 0.29) is 5.91 Å². The van der Waals surface area contributed by atoms with Gasteiger partial charge in [0.25, 0.3) is 5.91 Å². The van der Waals surface area contributed by atoms with Crippen LogP contribution in [0.25, 0.3) is 11.3 Å². The third-order valence-corrected chi connectivity index (χ3v) is 5.57. The van der Waals surface area contributed by atoms with Gasteiger partial charge in [-0.1, -0.05) is 25.0 Å². The van der Waals surface area contributed by atoms with Gasteiger partial charge in [-0.25, -0.2) is 0 Å². The third-order valence-electron chi connectivity index (χ3n) is 5.57. The van der Waals surface area contributed by atoms with Crippen LogP contribution in [-0.4, -0.2) is 22.2 Å². The monoisotopic (exact) mass is 348 g/mol. The molecule has 0 spiro atoms. The zero-order chi connectivity index (χ0) is 18.1. The Balaban J connectivity index is 1.70. The number of nitriles is 1. The van der Waals surface area contributed by atoms with Crippen molar-refractivity contribution < 1.29 is 4.79 Å². The lowest BCUT2D eigenvalue weighted by Crippen LogP contribution is -2.29. The van der Waals surface area contributed by atoms with Crippen LogP contribution in [0.2, 0.25) is 0 Å². The fourth-order valence-electron chi connectivity index (χ4n) is 3.82. The van der Waals surface area contributed by atoms with Crippen molar-refractivity contribution in [2.24, 2.45) is 5.92 Å². The number of hydrogen-bond donors (Lipinski definition) is 1. The van der Waals surface area contributed by atoms with E-state index in [9.17, 15) is 4.79 Å². The lowest BCUT2D eigenvalue weighted by atomic mass is 10.0. The average Bonchev–Trinajstić information content (AvgIpc) is 3.20. The molecule has 0 radical (unpaired) electrons. The molecule has 2 aliphatic rings. The molecule has 0 aliphatic heterocycles. The number of nitrogens with one attached hydrogen (secondary N) is 1. The van der Waals surface area contributed by atoms with Crippen LogP contribution in [0, 0.1) is 24.2 Å². The van der Waals surface area contributed by atoms with Gasteiger partial charge in [0.05, 0.1) is 23.4 Å². The summed E-state index contributed by atoms with van der Waals surface area (Å²) in [5.74, 6) is 0.647. The van der Waals surface area contributed by atoms with Gasteiger partial charge >= 0.3 is 0 Å². The van der Waals surface area contributed by atoms with E-state index in [1.54, 1.807) is 12.1 Å². The first kappa shape index (κ1) is 16.8. The second-order valence-electron chi connectivity index (χ2n) is 7.55. The Labute approximate surface area is 154 Å². The van der Waals surface area contributed by atoms with Crippen molar-refractivity contribution in [3.05, 3.63) is 41.1 Å². The summed E-state index contributed by atoms with van der Waals surface area (Å²) in [6.07, 6.45) is 6.99. The van der Waals surface area contributed by atoms with Gasteiger partial charge in [0.15, 0.2) is 0 Å². The van der Waals surface area contributed by atoms with E-state index in [0.717, 1.165) is 36.2 Å². The zero-order valence-corrected chi connectivity index (χ0v) is 15.2. The number of aromatic nitrogens is 2. The average molecular weight is 348 g/mol. The van der Waals surface area contributed by atoms with E-state index >= 15 is 0 Å². The highest BCUT2D eigenvalue weighted by Crippen LogP contribution is 2.34. The fourth-order valence-corrected chi connectivity index (χ4v) is 3.82. The summed E-state index contributed by atoms with van der Waals surface area (Å²) in [6, 6.07) is 9.89. The highest BCUT2D eigenvalue weighted by atomic mass is 16.2. The Morgan fingerprint density at radius 2 is 1.92 bits per heavy atom. The van der Waals surface area contributed by atoms with Crippen molar-refractivity contribution in [1.82, 2.24) is 15.1 Å². The zero-order valence-electron chi connectivity index (χ0n) is 15.2. The quantitative estimate of drug-likeness (QED) is 0.888. The van der Waals surface area contributed by atoms with E-state index in [1.807, 2.05) is 23.7 Å². The molecule has 134 valence electrons. The van der Waals surface area contributed by atoms with Gasteiger partial charge in [-0.15, -0.1) is 0 Å². The number of rotatable bonds is 5. The van der Waals surface area contributed by atoms with Crippen LogP contribution >= 0.6 is 0 Å². The van der Waals surface area contributed by atoms with Crippen LogP contribution in [0.3, 0.4) is 0 Å². The molecule has 2 fully saturated rings. The van der Waals surface area contributed by atoms with Crippen molar-refractivity contribution in [3.8, 4) is 17.3 Å². The minimum Gasteiger partial charge on any atom is -0.350 e. The molecule has 1 aromatic heterocycles. The molecule has 2 aromatic rings. The third kappa shape index (κ3) is 3.24. The van der Waals surface area contributed by atoms with Gasteiger partial charge in [-0.3, -0.25) is 9.48 Å². The van der Waals surface area contributed by atoms with Crippen molar-refractivity contribution in [2.75, 3.05) is 6.54 Å². The molecule has 1 amide bonds. The number of carbonyl (C=O) groups excluding carboxylic acids is 1. The summed E-state index contributed by atoms with van der Waals surface area (Å²) < 4.78 is 1.97. The molecule has 0 unspecified atom stereocenters. The minimum absolute atomic E-state index is 0.00584. The van der Waals surface area contributed by atoms with Crippen molar-refractivity contribution in [3.63, 3.8) is 0 Å². The lowest BCUT2D eigenvalue weighted by Gasteiger charge is -2.14. The van der Waals surface area contributed by atoms with Crippen LogP contribution in [-0.2, 0) is 0 Å². The second-order valence-corrected chi connectivity index (χ2v) is 7.55. The number of hydrogen-bond acceptors (Lipinski definition) is 3. The molecule has 4 rings (SSSR count). The normalized spacial score (nSPS) is 17.2. The standard InChI is InChI=1S/C21H24N4O/c1-14-19(17-10-8-15(12-22)9-11-17)24-25(18-4-2-3-5-18)20(14)21(26)23-13-16-6-7-16/h8-11,16,18H,2-7,13H2,1H3,(H,23,26). The predicted molar refractivity (Wildman–Crippen MR) is 99.7 cm³/mol. The number of benzene rings is 1. The molecular weight excluding hydrogens is 324 g/mol. The SMILES string of the molecule is Cc1c(-c2ccc(C#N)cc2)nn(C2CCCC2)c1C(=O)NCC1CC1. The molecule has 0 bridgehead atoms. The van der Waals surface area contributed by atoms with Crippen molar-refractivity contribution in [2.45, 2.75) is 51.5 Å². The van der Waals surface area contributed by atoms with Gasteiger partial charge < -0.3 is 5.32 Å². The Hall–Kier alpha value is -2.61. The Morgan fingerprint density at radius 3 is 2.54 bits per heavy atom. The summed E-state index contributed by atoms with van der Waals surface area (Å²) in [4.78, 5) is 12.9. The molecule has 5 nitrogen and oxygen atoms in total. The summed E-state index contributed by atoms with van der Waals surface area (Å²) in [5.41, 5.74) is 4.06.